The van der Waals surface area contributed by atoms with Crippen molar-refractivity contribution in [1.82, 2.24) is 9.97 Å². The highest BCUT2D eigenvalue weighted by atomic mass is 35.5. The first-order valence-corrected chi connectivity index (χ1v) is 10.2. The maximum absolute atomic E-state index is 12.5. The van der Waals surface area contributed by atoms with Gasteiger partial charge in [-0.05, 0) is 42.5 Å². The number of Topliss-reactive ketones (excluding diaryl/α,β-unsaturated/α-hetero) is 1. The number of hydrogen-bond acceptors (Lipinski definition) is 6. The molecule has 142 valence electrons. The Labute approximate surface area is 176 Å². The maximum Gasteiger partial charge on any atom is 0.188 e. The highest BCUT2D eigenvalue weighted by Crippen LogP contribution is 2.31. The Morgan fingerprint density at radius 2 is 1.75 bits per heavy atom. The second-order valence-corrected chi connectivity index (χ2v) is 7.77. The monoisotopic (exact) mass is 432 g/mol. The zero-order valence-electron chi connectivity index (χ0n) is 14.5. The lowest BCUT2D eigenvalue weighted by Crippen LogP contribution is -2.16. The van der Waals surface area contributed by atoms with Crippen molar-refractivity contribution in [2.45, 2.75) is 5.16 Å². The van der Waals surface area contributed by atoms with E-state index in [1.807, 2.05) is 0 Å². The van der Waals surface area contributed by atoms with Crippen molar-refractivity contribution >= 4 is 40.7 Å². The van der Waals surface area contributed by atoms with E-state index in [-0.39, 0.29) is 11.5 Å². The summed E-state index contributed by atoms with van der Waals surface area (Å²) in [6, 6.07) is 12.2. The lowest BCUT2D eigenvalue weighted by Gasteiger charge is -2.18. The number of ketones is 1. The van der Waals surface area contributed by atoms with Crippen LogP contribution < -0.4 is 9.47 Å². The van der Waals surface area contributed by atoms with Gasteiger partial charge in [0.1, 0.15) is 13.2 Å². The minimum absolute atomic E-state index is 0.0400. The van der Waals surface area contributed by atoms with E-state index in [1.165, 1.54) is 11.8 Å². The lowest BCUT2D eigenvalue weighted by atomic mass is 10.1. The van der Waals surface area contributed by atoms with Crippen LogP contribution in [0.5, 0.6) is 11.5 Å². The van der Waals surface area contributed by atoms with Crippen molar-refractivity contribution in [1.29, 1.82) is 0 Å². The first-order valence-electron chi connectivity index (χ1n) is 8.44. The second kappa shape index (κ2) is 8.39. The van der Waals surface area contributed by atoms with Gasteiger partial charge in [0.15, 0.2) is 22.4 Å². The maximum atomic E-state index is 12.5. The molecule has 4 rings (SSSR count). The predicted octanol–water partition coefficient (Wildman–Crippen LogP) is 5.20. The van der Waals surface area contributed by atoms with Crippen molar-refractivity contribution < 1.29 is 14.3 Å². The molecule has 0 unspecified atom stereocenters. The van der Waals surface area contributed by atoms with Crippen LogP contribution in [0.1, 0.15) is 10.4 Å². The normalized spacial score (nSPS) is 12.6. The zero-order chi connectivity index (χ0) is 19.5. The summed E-state index contributed by atoms with van der Waals surface area (Å²) in [5.41, 5.74) is 2.04. The van der Waals surface area contributed by atoms with Gasteiger partial charge in [-0.2, -0.15) is 0 Å². The smallest absolute Gasteiger partial charge is 0.188 e. The van der Waals surface area contributed by atoms with Crippen LogP contribution in [0.25, 0.3) is 11.3 Å². The van der Waals surface area contributed by atoms with Crippen LogP contribution in [-0.2, 0) is 0 Å². The highest BCUT2D eigenvalue weighted by Gasteiger charge is 2.16. The number of carbonyl (C=O) groups is 1. The van der Waals surface area contributed by atoms with Crippen LogP contribution in [0.15, 0.2) is 53.8 Å². The van der Waals surface area contributed by atoms with Gasteiger partial charge in [-0.1, -0.05) is 35.0 Å². The SMILES string of the molecule is O=C(CSc1nccc(-c2cc(Cl)cc(Cl)c2)n1)c1ccc2c(c1)OCCO2. The number of aromatic nitrogens is 2. The fraction of sp³-hybridized carbons (Fsp3) is 0.150. The number of fused-ring (bicyclic) bond motifs is 1. The van der Waals surface area contributed by atoms with Crippen LogP contribution in [0.3, 0.4) is 0 Å². The number of rotatable bonds is 5. The molecule has 1 aliphatic rings. The van der Waals surface area contributed by atoms with Gasteiger partial charge in [0.2, 0.25) is 0 Å². The van der Waals surface area contributed by atoms with E-state index in [9.17, 15) is 4.79 Å². The lowest BCUT2D eigenvalue weighted by molar-refractivity contribution is 0.102. The second-order valence-electron chi connectivity index (χ2n) is 5.95. The quantitative estimate of drug-likeness (QED) is 0.313. The van der Waals surface area contributed by atoms with Crippen molar-refractivity contribution in [2.24, 2.45) is 0 Å². The van der Waals surface area contributed by atoms with E-state index in [4.69, 9.17) is 32.7 Å². The van der Waals surface area contributed by atoms with Crippen molar-refractivity contribution in [2.75, 3.05) is 19.0 Å². The van der Waals surface area contributed by atoms with Gasteiger partial charge in [0, 0.05) is 27.4 Å². The third kappa shape index (κ3) is 4.41. The molecular weight excluding hydrogens is 419 g/mol. The van der Waals surface area contributed by atoms with E-state index >= 15 is 0 Å². The largest absolute Gasteiger partial charge is 0.486 e. The molecule has 8 heteroatoms. The van der Waals surface area contributed by atoms with E-state index < -0.39 is 0 Å². The molecule has 0 atom stereocenters. The Kier molecular flexibility index (Phi) is 5.71. The van der Waals surface area contributed by atoms with Crippen LogP contribution in [0.4, 0.5) is 0 Å². The summed E-state index contributed by atoms with van der Waals surface area (Å²) < 4.78 is 11.0. The average Bonchev–Trinajstić information content (AvgIpc) is 2.71. The fourth-order valence-electron chi connectivity index (χ4n) is 2.70. The summed E-state index contributed by atoms with van der Waals surface area (Å²) >= 11 is 13.4. The highest BCUT2D eigenvalue weighted by molar-refractivity contribution is 7.99. The van der Waals surface area contributed by atoms with E-state index in [2.05, 4.69) is 9.97 Å². The van der Waals surface area contributed by atoms with Crippen LogP contribution in [-0.4, -0.2) is 34.7 Å². The van der Waals surface area contributed by atoms with Gasteiger partial charge in [-0.15, -0.1) is 0 Å². The molecule has 2 aromatic carbocycles. The molecule has 1 aromatic heterocycles. The number of carbonyl (C=O) groups excluding carboxylic acids is 1. The molecule has 3 aromatic rings. The van der Waals surface area contributed by atoms with Crippen molar-refractivity contribution in [3.63, 3.8) is 0 Å². The fourth-order valence-corrected chi connectivity index (χ4v) is 3.95. The first kappa shape index (κ1) is 19.1. The Balaban J connectivity index is 1.47. The third-order valence-electron chi connectivity index (χ3n) is 3.99. The van der Waals surface area contributed by atoms with Gasteiger partial charge in [0.05, 0.1) is 11.4 Å². The van der Waals surface area contributed by atoms with Crippen molar-refractivity contribution in [3.05, 3.63) is 64.3 Å². The topological polar surface area (TPSA) is 61.3 Å². The Morgan fingerprint density at radius 1 is 1.00 bits per heavy atom. The Bertz CT molecular complexity index is 1030. The molecule has 2 heterocycles. The van der Waals surface area contributed by atoms with Crippen LogP contribution >= 0.6 is 35.0 Å². The summed E-state index contributed by atoms with van der Waals surface area (Å²) in [6.07, 6.45) is 1.65. The summed E-state index contributed by atoms with van der Waals surface area (Å²) in [7, 11) is 0. The van der Waals surface area contributed by atoms with E-state index in [0.29, 0.717) is 51.2 Å². The molecule has 0 bridgehead atoms. The molecule has 0 radical (unpaired) electrons. The summed E-state index contributed by atoms with van der Waals surface area (Å²) in [6.45, 7) is 0.995. The first-order chi connectivity index (χ1) is 13.6. The number of halogens is 2. The van der Waals surface area contributed by atoms with Gasteiger partial charge in [-0.25, -0.2) is 9.97 Å². The molecule has 1 aliphatic heterocycles. The van der Waals surface area contributed by atoms with Gasteiger partial charge >= 0.3 is 0 Å². The van der Waals surface area contributed by atoms with Crippen LogP contribution in [0.2, 0.25) is 10.0 Å². The standard InChI is InChI=1S/C20H14Cl2N2O3S/c21-14-7-13(8-15(22)10-14)16-3-4-23-20(24-16)28-11-17(25)12-1-2-18-19(9-12)27-6-5-26-18/h1-4,7-10H,5-6,11H2. The minimum Gasteiger partial charge on any atom is -0.486 e. The number of hydrogen-bond donors (Lipinski definition) is 0. The van der Waals surface area contributed by atoms with Gasteiger partial charge in [-0.3, -0.25) is 4.79 Å². The number of ether oxygens (including phenoxy) is 2. The molecule has 0 saturated heterocycles. The van der Waals surface area contributed by atoms with E-state index in [0.717, 1.165) is 5.56 Å². The van der Waals surface area contributed by atoms with E-state index in [1.54, 1.807) is 48.7 Å². The average molecular weight is 433 g/mol. The summed E-state index contributed by atoms with van der Waals surface area (Å²) in [5, 5.41) is 1.56. The number of thioether (sulfide) groups is 1. The molecule has 5 nitrogen and oxygen atoms in total. The number of benzene rings is 2. The molecule has 0 aliphatic carbocycles. The summed E-state index contributed by atoms with van der Waals surface area (Å²) in [5.74, 6) is 1.42. The minimum atomic E-state index is -0.0400. The Hall–Kier alpha value is -2.28. The van der Waals surface area contributed by atoms with Crippen molar-refractivity contribution in [3.8, 4) is 22.8 Å². The summed E-state index contributed by atoms with van der Waals surface area (Å²) in [4.78, 5) is 21.3. The van der Waals surface area contributed by atoms with Gasteiger partial charge in [0.25, 0.3) is 0 Å². The predicted molar refractivity (Wildman–Crippen MR) is 110 cm³/mol. The molecule has 0 spiro atoms. The Morgan fingerprint density at radius 3 is 2.54 bits per heavy atom. The van der Waals surface area contributed by atoms with Crippen LogP contribution in [0, 0.1) is 0 Å². The molecule has 0 fully saturated rings. The van der Waals surface area contributed by atoms with Gasteiger partial charge < -0.3 is 9.47 Å². The molecule has 28 heavy (non-hydrogen) atoms. The number of nitrogens with zero attached hydrogens (tertiary/aromatic N) is 2. The molecule has 0 amide bonds. The molecule has 0 saturated carbocycles. The molecule has 0 N–H and O–H groups in total. The molecular formula is C20H14Cl2N2O3S. The zero-order valence-corrected chi connectivity index (χ0v) is 16.9. The third-order valence-corrected chi connectivity index (χ3v) is 5.29.